The molecule has 0 spiro atoms. The van der Waals surface area contributed by atoms with Gasteiger partial charge in [0, 0.05) is 106 Å². The summed E-state index contributed by atoms with van der Waals surface area (Å²) in [6.45, 7) is 6.74. The van der Waals surface area contributed by atoms with Crippen molar-refractivity contribution in [1.82, 2.24) is 28.8 Å². The van der Waals surface area contributed by atoms with Crippen molar-refractivity contribution in [2.24, 2.45) is 14.1 Å². The van der Waals surface area contributed by atoms with Crippen LogP contribution in [0.5, 0.6) is 11.5 Å². The normalized spacial score (nSPS) is 16.7. The highest BCUT2D eigenvalue weighted by Gasteiger charge is 2.35. The van der Waals surface area contributed by atoms with Gasteiger partial charge in [0.1, 0.15) is 11.4 Å². The maximum absolute atomic E-state index is 15.4. The monoisotopic (exact) mass is 807 g/mol. The number of hydrogen-bond acceptors (Lipinski definition) is 8. The summed E-state index contributed by atoms with van der Waals surface area (Å²) < 4.78 is 15.4. The number of nitrogens with zero attached hydrogens (tertiary/aromatic N) is 7. The number of aromatic hydroxyl groups is 1. The molecule has 3 aromatic carbocycles. The highest BCUT2D eigenvalue weighted by Crippen LogP contribution is 2.36. The summed E-state index contributed by atoms with van der Waals surface area (Å²) in [4.78, 5) is 55.3. The fourth-order valence-corrected chi connectivity index (χ4v) is 8.88. The zero-order chi connectivity index (χ0) is 41.7. The summed E-state index contributed by atoms with van der Waals surface area (Å²) in [5.74, 6) is 0.178. The van der Waals surface area contributed by atoms with Gasteiger partial charge in [0.05, 0.1) is 25.0 Å². The van der Waals surface area contributed by atoms with Gasteiger partial charge < -0.3 is 38.4 Å². The minimum atomic E-state index is -0.480. The lowest BCUT2D eigenvalue weighted by atomic mass is 9.89. The first-order valence-electron chi connectivity index (χ1n) is 20.5. The lowest BCUT2D eigenvalue weighted by Gasteiger charge is -2.41. The molecule has 1 fully saturated rings. The summed E-state index contributed by atoms with van der Waals surface area (Å²) in [7, 11) is 5.55. The molecule has 13 heteroatoms. The third kappa shape index (κ3) is 7.39. The van der Waals surface area contributed by atoms with Gasteiger partial charge in [-0.3, -0.25) is 14.5 Å². The van der Waals surface area contributed by atoms with Crippen molar-refractivity contribution in [3.8, 4) is 22.8 Å². The summed E-state index contributed by atoms with van der Waals surface area (Å²) in [5.41, 5.74) is 8.97. The number of ether oxygens (including phenoxy) is 2. The summed E-state index contributed by atoms with van der Waals surface area (Å²) >= 11 is 0. The van der Waals surface area contributed by atoms with Crippen LogP contribution in [-0.4, -0.2) is 104 Å². The van der Waals surface area contributed by atoms with E-state index >= 15 is 4.79 Å². The number of amides is 3. The van der Waals surface area contributed by atoms with E-state index in [0.29, 0.717) is 55.3 Å². The molecule has 0 radical (unpaired) electrons. The predicted molar refractivity (Wildman–Crippen MR) is 228 cm³/mol. The Morgan fingerprint density at radius 1 is 0.883 bits per heavy atom. The second-order valence-electron chi connectivity index (χ2n) is 16.2. The molecule has 3 aromatic heterocycles. The molecule has 0 saturated carbocycles. The second-order valence-corrected chi connectivity index (χ2v) is 16.2. The Morgan fingerprint density at radius 3 is 2.43 bits per heavy atom. The van der Waals surface area contributed by atoms with Crippen LogP contribution in [0.3, 0.4) is 0 Å². The molecule has 0 aliphatic carbocycles. The fraction of sp³-hybridized carbons (Fsp3) is 0.319. The Bertz CT molecular complexity index is 2620. The minimum Gasteiger partial charge on any atom is -0.508 e. The lowest BCUT2D eigenvalue weighted by Crippen LogP contribution is -2.52. The average Bonchev–Trinajstić information content (AvgIpc) is 3.79. The zero-order valence-electron chi connectivity index (χ0n) is 34.4. The van der Waals surface area contributed by atoms with Crippen LogP contribution < -0.4 is 9.64 Å². The first-order chi connectivity index (χ1) is 29.0. The maximum Gasteiger partial charge on any atom is 0.415 e. The highest BCUT2D eigenvalue weighted by atomic mass is 16.6. The Balaban J connectivity index is 1.09. The summed E-state index contributed by atoms with van der Waals surface area (Å²) in [5, 5.41) is 10.7. The van der Waals surface area contributed by atoms with Gasteiger partial charge in [-0.2, -0.15) is 0 Å². The number of carbonyl (C=O) groups excluding carboxylic acids is 3. The van der Waals surface area contributed by atoms with Crippen molar-refractivity contribution < 1.29 is 29.0 Å². The summed E-state index contributed by atoms with van der Waals surface area (Å²) in [6.07, 6.45) is 4.28. The molecule has 1 N–H and O–H groups in total. The van der Waals surface area contributed by atoms with Gasteiger partial charge in [0.15, 0.2) is 5.75 Å². The first kappa shape index (κ1) is 39.0. The van der Waals surface area contributed by atoms with Crippen LogP contribution in [0.15, 0.2) is 91.3 Å². The lowest BCUT2D eigenvalue weighted by molar-refractivity contribution is 0.0193. The van der Waals surface area contributed by atoms with E-state index in [1.807, 2.05) is 71.6 Å². The minimum absolute atomic E-state index is 0.0809. The molecule has 6 aromatic rings. The van der Waals surface area contributed by atoms with E-state index in [4.69, 9.17) is 9.47 Å². The Morgan fingerprint density at radius 2 is 1.65 bits per heavy atom. The van der Waals surface area contributed by atoms with Crippen LogP contribution in [-0.2, 0) is 44.8 Å². The molecule has 3 aliphatic heterocycles. The second kappa shape index (κ2) is 16.0. The molecule has 1 atom stereocenters. The van der Waals surface area contributed by atoms with E-state index in [-0.39, 0.29) is 30.2 Å². The number of aromatic nitrogens is 3. The fourth-order valence-electron chi connectivity index (χ4n) is 8.88. The number of benzene rings is 3. The van der Waals surface area contributed by atoms with Gasteiger partial charge in [-0.1, -0.05) is 24.3 Å². The van der Waals surface area contributed by atoms with Crippen molar-refractivity contribution in [2.75, 3.05) is 51.3 Å². The van der Waals surface area contributed by atoms with E-state index in [1.165, 1.54) is 5.56 Å². The molecule has 308 valence electrons. The number of rotatable bonds is 7. The molecule has 3 aliphatic rings. The van der Waals surface area contributed by atoms with Crippen LogP contribution in [0.25, 0.3) is 22.3 Å². The van der Waals surface area contributed by atoms with Crippen LogP contribution in [0.1, 0.15) is 48.7 Å². The van der Waals surface area contributed by atoms with Crippen molar-refractivity contribution in [1.29, 1.82) is 0 Å². The van der Waals surface area contributed by atoms with Gasteiger partial charge in [0.25, 0.3) is 11.8 Å². The van der Waals surface area contributed by atoms with E-state index < -0.39 is 6.09 Å². The number of phenolic OH excluding ortho intramolecular Hbond substituents is 1. The molecule has 0 bridgehead atoms. The van der Waals surface area contributed by atoms with Crippen molar-refractivity contribution in [3.63, 3.8) is 0 Å². The van der Waals surface area contributed by atoms with Crippen molar-refractivity contribution >= 4 is 34.6 Å². The first-order valence-corrected chi connectivity index (χ1v) is 20.5. The molecule has 9 rings (SSSR count). The van der Waals surface area contributed by atoms with Crippen molar-refractivity contribution in [2.45, 2.75) is 38.9 Å². The predicted octanol–water partition coefficient (Wildman–Crippen LogP) is 6.33. The maximum atomic E-state index is 15.4. The van der Waals surface area contributed by atoms with Gasteiger partial charge >= 0.3 is 6.09 Å². The average molecular weight is 808 g/mol. The molecule has 6 heterocycles. The molecular formula is C47H49N7O6. The van der Waals surface area contributed by atoms with Crippen LogP contribution in [0, 0.1) is 6.92 Å². The zero-order valence-corrected chi connectivity index (χ0v) is 34.4. The van der Waals surface area contributed by atoms with Gasteiger partial charge in [-0.25, -0.2) is 9.78 Å². The SMILES string of the molecule is Cc1c(C(=O)N(C)c2ccc(O)cc2)cc(-c2cc3c(cc2C(=O)N2Cc4ccccc4C[C@H]2CN2CCOCC2)CN(C(=O)Oc2cnc4c(ccn4C)c2)CC3)n1C. The molecule has 13 nitrogen and oxygen atoms in total. The molecular weight excluding hydrogens is 759 g/mol. The number of carbonyl (C=O) groups is 3. The number of anilines is 1. The van der Waals surface area contributed by atoms with E-state index in [9.17, 15) is 14.7 Å². The number of phenols is 1. The highest BCUT2D eigenvalue weighted by molar-refractivity contribution is 6.08. The van der Waals surface area contributed by atoms with Crippen LogP contribution in [0.4, 0.5) is 10.5 Å². The van der Waals surface area contributed by atoms with E-state index in [2.05, 4.69) is 34.1 Å². The van der Waals surface area contributed by atoms with Gasteiger partial charge in [-0.15, -0.1) is 0 Å². The van der Waals surface area contributed by atoms with Crippen LogP contribution in [0.2, 0.25) is 0 Å². The Hall–Kier alpha value is -6.44. The molecule has 3 amide bonds. The van der Waals surface area contributed by atoms with Crippen LogP contribution >= 0.6 is 0 Å². The number of aryl methyl sites for hydroxylation is 1. The van der Waals surface area contributed by atoms with E-state index in [0.717, 1.165) is 70.7 Å². The Labute approximate surface area is 348 Å². The number of hydrogen-bond donors (Lipinski definition) is 1. The van der Waals surface area contributed by atoms with Crippen molar-refractivity contribution in [3.05, 3.63) is 130 Å². The molecule has 1 saturated heterocycles. The molecule has 60 heavy (non-hydrogen) atoms. The topological polar surface area (TPSA) is 126 Å². The quantitative estimate of drug-likeness (QED) is 0.199. The Kier molecular flexibility index (Phi) is 10.4. The summed E-state index contributed by atoms with van der Waals surface area (Å²) in [6, 6.07) is 24.5. The number of fused-ring (bicyclic) bond motifs is 3. The number of morpholine rings is 1. The van der Waals surface area contributed by atoms with Gasteiger partial charge in [-0.05, 0) is 96.6 Å². The third-order valence-electron chi connectivity index (χ3n) is 12.5. The van der Waals surface area contributed by atoms with E-state index in [1.54, 1.807) is 47.3 Å². The number of pyridine rings is 1. The largest absolute Gasteiger partial charge is 0.508 e. The smallest absolute Gasteiger partial charge is 0.415 e. The van der Waals surface area contributed by atoms with Gasteiger partial charge in [0.2, 0.25) is 0 Å². The third-order valence-corrected chi connectivity index (χ3v) is 12.5. The molecule has 0 unspecified atom stereocenters. The standard InChI is InChI=1S/C47H49N7O6/c1-30-40(45(56)51(4)36-9-11-38(55)12-10-36)25-43(50(30)3)41-23-32-14-16-53(47(58)60-39-22-33-13-15-49(2)44(33)48-26-39)27-35(32)24-42(41)46(57)54-28-34-8-6-5-7-31(34)21-37(54)29-52-17-19-59-20-18-52/h5-13,15,22-26,37,55H,14,16-21,27-29H2,1-4H3/t37-/m0/s1.